The predicted octanol–water partition coefficient (Wildman–Crippen LogP) is 1.16. The van der Waals surface area contributed by atoms with Crippen LogP contribution in [-0.4, -0.2) is 98.1 Å². The number of methoxy groups -OCH3 is 1. The van der Waals surface area contributed by atoms with Gasteiger partial charge in [0.25, 0.3) is 5.91 Å². The minimum Gasteiger partial charge on any atom is -0.383 e. The molecule has 0 saturated carbocycles. The molecule has 0 radical (unpaired) electrons. The zero-order valence-corrected chi connectivity index (χ0v) is 21.7. The fourth-order valence-electron chi connectivity index (χ4n) is 5.67. The molecule has 9 nitrogen and oxygen atoms in total. The van der Waals surface area contributed by atoms with Gasteiger partial charge in [0.05, 0.1) is 12.6 Å². The number of hydrogen-bond acceptors (Lipinski definition) is 7. The monoisotopic (exact) mass is 500 g/mol. The first kappa shape index (κ1) is 26.7. The molecule has 3 aliphatic heterocycles. The maximum Gasteiger partial charge on any atom is 0.251 e. The summed E-state index contributed by atoms with van der Waals surface area (Å²) < 4.78 is 10.7. The van der Waals surface area contributed by atoms with E-state index in [1.54, 1.807) is 7.11 Å². The third-order valence-electron chi connectivity index (χ3n) is 7.66. The maximum atomic E-state index is 13.5. The Morgan fingerprint density at radius 3 is 2.53 bits per heavy atom. The number of likely N-dealkylation sites (tertiary alicyclic amines) is 2. The Morgan fingerprint density at radius 1 is 1.19 bits per heavy atom. The zero-order valence-electron chi connectivity index (χ0n) is 21.7. The van der Waals surface area contributed by atoms with Crippen molar-refractivity contribution in [2.45, 2.75) is 63.3 Å². The smallest absolute Gasteiger partial charge is 0.251 e. The molecule has 0 aromatic heterocycles. The first-order valence-corrected chi connectivity index (χ1v) is 13.1. The molecule has 36 heavy (non-hydrogen) atoms. The summed E-state index contributed by atoms with van der Waals surface area (Å²) in [5, 5.41) is 2.93. The van der Waals surface area contributed by atoms with E-state index in [0.29, 0.717) is 17.9 Å². The summed E-state index contributed by atoms with van der Waals surface area (Å²) >= 11 is 0. The summed E-state index contributed by atoms with van der Waals surface area (Å²) in [5.41, 5.74) is 7.90. The van der Waals surface area contributed by atoms with Crippen LogP contribution in [0.2, 0.25) is 0 Å². The average molecular weight is 501 g/mol. The first-order chi connectivity index (χ1) is 17.3. The summed E-state index contributed by atoms with van der Waals surface area (Å²) in [6, 6.07) is 5.96. The lowest BCUT2D eigenvalue weighted by molar-refractivity contribution is -0.138. The number of nitrogens with zero attached hydrogens (tertiary/aromatic N) is 2. The Balaban J connectivity index is 1.38. The highest BCUT2D eigenvalue weighted by atomic mass is 16.5. The van der Waals surface area contributed by atoms with Gasteiger partial charge in [0.1, 0.15) is 24.8 Å². The minimum atomic E-state index is -0.729. The number of ether oxygens (including phenoxy) is 2. The Bertz CT molecular complexity index is 929. The standard InChI is InChI=1S/C27H40N4O5/c1-17(2)14-22(27(34)31-15-21(28)25-24(31)23(32)16-36-25)29-26(33)20-6-4-18(5-7-20)19-8-10-30(11-9-19)12-13-35-3/h4-7,17,19,21-22,24-25H,8-16,28H2,1-3H3,(H,29,33)/t21-,22+,24-,25-/m1/s1. The van der Waals surface area contributed by atoms with Crippen LogP contribution in [-0.2, 0) is 19.1 Å². The van der Waals surface area contributed by atoms with Crippen molar-refractivity contribution in [1.82, 2.24) is 15.1 Å². The zero-order chi connectivity index (χ0) is 25.8. The van der Waals surface area contributed by atoms with Gasteiger partial charge in [0.2, 0.25) is 5.91 Å². The number of fused-ring (bicyclic) bond motifs is 1. The normalized spacial score (nSPS) is 25.9. The van der Waals surface area contributed by atoms with Crippen molar-refractivity contribution in [1.29, 1.82) is 0 Å². The molecule has 198 valence electrons. The molecular formula is C27H40N4O5. The molecule has 1 aromatic carbocycles. The van der Waals surface area contributed by atoms with Crippen molar-refractivity contribution in [3.8, 4) is 0 Å². The largest absolute Gasteiger partial charge is 0.383 e. The molecule has 0 spiro atoms. The van der Waals surface area contributed by atoms with Crippen molar-refractivity contribution in [3.05, 3.63) is 35.4 Å². The molecule has 9 heteroatoms. The summed E-state index contributed by atoms with van der Waals surface area (Å²) in [5.74, 6) is -0.0237. The molecule has 0 aliphatic carbocycles. The fraction of sp³-hybridized carbons (Fsp3) is 0.667. The quantitative estimate of drug-likeness (QED) is 0.523. The Labute approximate surface area is 213 Å². The second-order valence-electron chi connectivity index (χ2n) is 10.7. The lowest BCUT2D eigenvalue weighted by atomic mass is 9.89. The lowest BCUT2D eigenvalue weighted by Crippen LogP contribution is -2.52. The van der Waals surface area contributed by atoms with Gasteiger partial charge in [-0.2, -0.15) is 0 Å². The van der Waals surface area contributed by atoms with E-state index in [0.717, 1.165) is 39.1 Å². The van der Waals surface area contributed by atoms with Crippen molar-refractivity contribution < 1.29 is 23.9 Å². The molecule has 3 aliphatic rings. The number of nitrogens with two attached hydrogens (primary N) is 1. The second kappa shape index (κ2) is 11.8. The van der Waals surface area contributed by atoms with Gasteiger partial charge in [-0.1, -0.05) is 26.0 Å². The van der Waals surface area contributed by atoms with E-state index in [4.69, 9.17) is 15.2 Å². The minimum absolute atomic E-state index is 0.0213. The summed E-state index contributed by atoms with van der Waals surface area (Å²) in [4.78, 5) is 42.9. The van der Waals surface area contributed by atoms with E-state index in [2.05, 4.69) is 10.2 Å². The molecule has 4 atom stereocenters. The van der Waals surface area contributed by atoms with Crippen molar-refractivity contribution >= 4 is 17.6 Å². The highest BCUT2D eigenvalue weighted by molar-refractivity contribution is 5.99. The van der Waals surface area contributed by atoms with Crippen LogP contribution in [0.5, 0.6) is 0 Å². The number of carbonyl (C=O) groups is 3. The summed E-state index contributed by atoms with van der Waals surface area (Å²) in [6.07, 6.45) is 2.19. The lowest BCUT2D eigenvalue weighted by Gasteiger charge is -2.32. The Morgan fingerprint density at radius 2 is 1.89 bits per heavy atom. The van der Waals surface area contributed by atoms with Gasteiger partial charge in [0.15, 0.2) is 5.78 Å². The molecule has 4 rings (SSSR count). The van der Waals surface area contributed by atoms with Crippen LogP contribution in [0.4, 0.5) is 0 Å². The first-order valence-electron chi connectivity index (χ1n) is 13.1. The van der Waals surface area contributed by atoms with Gasteiger partial charge >= 0.3 is 0 Å². The number of carbonyl (C=O) groups excluding carboxylic acids is 3. The van der Waals surface area contributed by atoms with Crippen LogP contribution in [0.1, 0.15) is 54.9 Å². The molecular weight excluding hydrogens is 460 g/mol. The van der Waals surface area contributed by atoms with E-state index < -0.39 is 24.2 Å². The summed E-state index contributed by atoms with van der Waals surface area (Å²) in [6.45, 7) is 8.05. The number of amides is 2. The fourth-order valence-corrected chi connectivity index (χ4v) is 5.67. The maximum absolute atomic E-state index is 13.5. The van der Waals surface area contributed by atoms with Crippen molar-refractivity contribution in [3.63, 3.8) is 0 Å². The molecule has 3 N–H and O–H groups in total. The number of rotatable bonds is 9. The highest BCUT2D eigenvalue weighted by Crippen LogP contribution is 2.29. The number of ketones is 1. The third kappa shape index (κ3) is 5.96. The van der Waals surface area contributed by atoms with E-state index >= 15 is 0 Å². The van der Waals surface area contributed by atoms with Crippen molar-refractivity contribution in [2.75, 3.05) is 46.5 Å². The Kier molecular flexibility index (Phi) is 8.77. The average Bonchev–Trinajstić information content (AvgIpc) is 3.42. The third-order valence-corrected chi connectivity index (χ3v) is 7.66. The predicted molar refractivity (Wildman–Crippen MR) is 136 cm³/mol. The van der Waals surface area contributed by atoms with Crippen LogP contribution in [0.15, 0.2) is 24.3 Å². The Hall–Kier alpha value is -2.33. The van der Waals surface area contributed by atoms with Crippen LogP contribution in [0.25, 0.3) is 0 Å². The number of hydrogen-bond donors (Lipinski definition) is 2. The van der Waals surface area contributed by atoms with E-state index in [9.17, 15) is 14.4 Å². The molecule has 1 aromatic rings. The van der Waals surface area contributed by atoms with E-state index in [1.807, 2.05) is 38.1 Å². The number of benzene rings is 1. The van der Waals surface area contributed by atoms with Gasteiger partial charge in [-0.15, -0.1) is 0 Å². The molecule has 0 unspecified atom stereocenters. The summed E-state index contributed by atoms with van der Waals surface area (Å²) in [7, 11) is 1.73. The van der Waals surface area contributed by atoms with Crippen molar-refractivity contribution in [2.24, 2.45) is 11.7 Å². The van der Waals surface area contributed by atoms with Crippen LogP contribution in [0, 0.1) is 5.92 Å². The number of Topliss-reactive ketones (excluding diaryl/α,β-unsaturated/α-hetero) is 1. The van der Waals surface area contributed by atoms with Crippen LogP contribution >= 0.6 is 0 Å². The number of piperidine rings is 1. The number of nitrogens with one attached hydrogen (secondary N) is 1. The molecule has 0 bridgehead atoms. The molecule has 3 saturated heterocycles. The second-order valence-corrected chi connectivity index (χ2v) is 10.7. The van der Waals surface area contributed by atoms with Crippen LogP contribution < -0.4 is 11.1 Å². The van der Waals surface area contributed by atoms with Gasteiger partial charge in [-0.05, 0) is 61.9 Å². The van der Waals surface area contributed by atoms with Gasteiger partial charge < -0.3 is 30.3 Å². The highest BCUT2D eigenvalue weighted by Gasteiger charge is 2.52. The topological polar surface area (TPSA) is 114 Å². The van der Waals surface area contributed by atoms with Gasteiger partial charge in [0, 0.05) is 25.8 Å². The molecule has 3 heterocycles. The van der Waals surface area contributed by atoms with E-state index in [-0.39, 0.29) is 36.7 Å². The van der Waals surface area contributed by atoms with E-state index in [1.165, 1.54) is 10.5 Å². The van der Waals surface area contributed by atoms with Gasteiger partial charge in [-0.3, -0.25) is 14.4 Å². The van der Waals surface area contributed by atoms with Crippen LogP contribution in [0.3, 0.4) is 0 Å². The SMILES string of the molecule is COCCN1CCC(c2ccc(C(=O)N[C@@H](CC(C)C)C(=O)N3C[C@@H](N)[C@H]4OCC(=O)[C@H]43)cc2)CC1. The van der Waals surface area contributed by atoms with Gasteiger partial charge in [-0.25, -0.2) is 0 Å². The molecule has 3 fully saturated rings. The molecule has 2 amide bonds.